The molecule has 1 aliphatic rings. The summed E-state index contributed by atoms with van der Waals surface area (Å²) < 4.78 is 0. The number of nitrogens with two attached hydrogens (primary N) is 1. The van der Waals surface area contributed by atoms with Gasteiger partial charge in [-0.05, 0) is 25.7 Å². The summed E-state index contributed by atoms with van der Waals surface area (Å²) in [4.78, 5) is 24.1. The lowest BCUT2D eigenvalue weighted by Gasteiger charge is -2.23. The van der Waals surface area contributed by atoms with E-state index in [1.54, 1.807) is 6.92 Å². The van der Waals surface area contributed by atoms with Gasteiger partial charge in [0, 0.05) is 12.6 Å². The summed E-state index contributed by atoms with van der Waals surface area (Å²) >= 11 is 0. The van der Waals surface area contributed by atoms with Crippen LogP contribution in [0.1, 0.15) is 52.9 Å². The van der Waals surface area contributed by atoms with Gasteiger partial charge in [-0.2, -0.15) is 0 Å². The minimum atomic E-state index is -0.503. The standard InChI is InChI=1S/C15H29N3O2/c1-10(2)9-17-14(19)11(3)18-15(20)12-7-5-4-6-8-13(12)16/h10-13H,4-9,16H2,1-3H3,(H,17,19)(H,18,20). The Morgan fingerprint density at radius 2 is 1.80 bits per heavy atom. The van der Waals surface area contributed by atoms with Gasteiger partial charge in [-0.3, -0.25) is 9.59 Å². The first-order valence-corrected chi connectivity index (χ1v) is 7.75. The third-order valence-corrected chi connectivity index (χ3v) is 3.84. The average Bonchev–Trinajstić information content (AvgIpc) is 2.60. The van der Waals surface area contributed by atoms with E-state index < -0.39 is 6.04 Å². The smallest absolute Gasteiger partial charge is 0.242 e. The highest BCUT2D eigenvalue weighted by molar-refractivity contribution is 5.88. The molecule has 0 radical (unpaired) electrons. The molecule has 5 nitrogen and oxygen atoms in total. The van der Waals surface area contributed by atoms with E-state index in [-0.39, 0.29) is 23.8 Å². The van der Waals surface area contributed by atoms with Crippen molar-refractivity contribution in [3.05, 3.63) is 0 Å². The molecule has 3 atom stereocenters. The van der Waals surface area contributed by atoms with Crippen molar-refractivity contribution >= 4 is 11.8 Å². The molecule has 0 bridgehead atoms. The second-order valence-electron chi connectivity index (χ2n) is 6.28. The summed E-state index contributed by atoms with van der Waals surface area (Å²) in [6, 6.07) is -0.583. The van der Waals surface area contributed by atoms with Crippen LogP contribution >= 0.6 is 0 Å². The van der Waals surface area contributed by atoms with Gasteiger partial charge in [-0.25, -0.2) is 0 Å². The molecule has 0 aromatic rings. The van der Waals surface area contributed by atoms with Gasteiger partial charge in [0.1, 0.15) is 6.04 Å². The van der Waals surface area contributed by atoms with E-state index >= 15 is 0 Å². The van der Waals surface area contributed by atoms with Crippen molar-refractivity contribution in [3.8, 4) is 0 Å². The largest absolute Gasteiger partial charge is 0.354 e. The van der Waals surface area contributed by atoms with E-state index in [0.29, 0.717) is 12.5 Å². The number of hydrogen-bond acceptors (Lipinski definition) is 3. The van der Waals surface area contributed by atoms with Gasteiger partial charge < -0.3 is 16.4 Å². The summed E-state index contributed by atoms with van der Waals surface area (Å²) in [6.07, 6.45) is 5.00. The van der Waals surface area contributed by atoms with Gasteiger partial charge in [0.25, 0.3) is 0 Å². The molecule has 1 aliphatic carbocycles. The Kier molecular flexibility index (Phi) is 6.99. The zero-order chi connectivity index (χ0) is 15.1. The Morgan fingerprint density at radius 3 is 2.45 bits per heavy atom. The topological polar surface area (TPSA) is 84.2 Å². The SMILES string of the molecule is CC(C)CNC(=O)C(C)NC(=O)C1CCCCCC1N. The van der Waals surface area contributed by atoms with E-state index in [2.05, 4.69) is 10.6 Å². The first kappa shape index (κ1) is 17.0. The molecular formula is C15H29N3O2. The van der Waals surface area contributed by atoms with Crippen LogP contribution < -0.4 is 16.4 Å². The molecule has 1 rings (SSSR count). The number of hydrogen-bond donors (Lipinski definition) is 3. The lowest BCUT2D eigenvalue weighted by atomic mass is 9.94. The molecule has 5 heteroatoms. The second kappa shape index (κ2) is 8.25. The van der Waals surface area contributed by atoms with E-state index in [4.69, 9.17) is 5.73 Å². The van der Waals surface area contributed by atoms with Crippen molar-refractivity contribution in [1.29, 1.82) is 0 Å². The zero-order valence-corrected chi connectivity index (χ0v) is 12.9. The fraction of sp³-hybridized carbons (Fsp3) is 0.867. The Morgan fingerprint density at radius 1 is 1.15 bits per heavy atom. The van der Waals surface area contributed by atoms with Crippen LogP contribution in [0, 0.1) is 11.8 Å². The van der Waals surface area contributed by atoms with Gasteiger partial charge in [0.05, 0.1) is 5.92 Å². The summed E-state index contributed by atoms with van der Waals surface area (Å²) in [6.45, 7) is 6.42. The van der Waals surface area contributed by atoms with Crippen LogP contribution in [0.4, 0.5) is 0 Å². The van der Waals surface area contributed by atoms with Crippen LogP contribution in [0.15, 0.2) is 0 Å². The molecule has 1 saturated carbocycles. The summed E-state index contributed by atoms with van der Waals surface area (Å²) in [5.41, 5.74) is 6.07. The average molecular weight is 283 g/mol. The predicted octanol–water partition coefficient (Wildman–Crippen LogP) is 1.17. The van der Waals surface area contributed by atoms with Crippen LogP contribution in [0.2, 0.25) is 0 Å². The highest BCUT2D eigenvalue weighted by Crippen LogP contribution is 2.22. The van der Waals surface area contributed by atoms with Crippen molar-refractivity contribution in [2.45, 2.75) is 65.0 Å². The van der Waals surface area contributed by atoms with Gasteiger partial charge in [0.15, 0.2) is 0 Å². The first-order valence-electron chi connectivity index (χ1n) is 7.75. The third-order valence-electron chi connectivity index (χ3n) is 3.84. The van der Waals surface area contributed by atoms with Crippen LogP contribution in [-0.4, -0.2) is 30.4 Å². The molecular weight excluding hydrogens is 254 g/mol. The van der Waals surface area contributed by atoms with Gasteiger partial charge in [0.2, 0.25) is 11.8 Å². The summed E-state index contributed by atoms with van der Waals surface area (Å²) in [7, 11) is 0. The van der Waals surface area contributed by atoms with Crippen molar-refractivity contribution in [2.75, 3.05) is 6.54 Å². The number of nitrogens with one attached hydrogen (secondary N) is 2. The number of carbonyl (C=O) groups is 2. The fourth-order valence-corrected chi connectivity index (χ4v) is 2.51. The molecule has 3 unspecified atom stereocenters. The van der Waals surface area contributed by atoms with Gasteiger partial charge in [-0.1, -0.05) is 33.1 Å². The summed E-state index contributed by atoms with van der Waals surface area (Å²) in [5.74, 6) is 0.0378. The van der Waals surface area contributed by atoms with Gasteiger partial charge >= 0.3 is 0 Å². The molecule has 116 valence electrons. The molecule has 0 heterocycles. The Hall–Kier alpha value is -1.10. The number of carbonyl (C=O) groups excluding carboxylic acids is 2. The molecule has 0 aromatic heterocycles. The van der Waals surface area contributed by atoms with Crippen LogP contribution in [-0.2, 0) is 9.59 Å². The number of rotatable bonds is 5. The van der Waals surface area contributed by atoms with E-state index in [1.165, 1.54) is 0 Å². The van der Waals surface area contributed by atoms with Crippen molar-refractivity contribution in [1.82, 2.24) is 10.6 Å². The minimum absolute atomic E-state index is 0.0772. The minimum Gasteiger partial charge on any atom is -0.354 e. The monoisotopic (exact) mass is 283 g/mol. The lowest BCUT2D eigenvalue weighted by Crippen LogP contribution is -2.50. The predicted molar refractivity (Wildman–Crippen MR) is 80.0 cm³/mol. The summed E-state index contributed by atoms with van der Waals surface area (Å²) in [5, 5.41) is 5.63. The molecule has 0 aromatic carbocycles. The van der Waals surface area contributed by atoms with Gasteiger partial charge in [-0.15, -0.1) is 0 Å². The molecule has 2 amide bonds. The Bertz CT molecular complexity index is 331. The lowest BCUT2D eigenvalue weighted by molar-refractivity contribution is -0.131. The molecule has 20 heavy (non-hydrogen) atoms. The third kappa shape index (κ3) is 5.49. The van der Waals surface area contributed by atoms with Crippen LogP contribution in [0.3, 0.4) is 0 Å². The second-order valence-corrected chi connectivity index (χ2v) is 6.28. The molecule has 4 N–H and O–H groups in total. The van der Waals surface area contributed by atoms with Crippen molar-refractivity contribution < 1.29 is 9.59 Å². The van der Waals surface area contributed by atoms with Crippen LogP contribution in [0.5, 0.6) is 0 Å². The Labute approximate surface area is 122 Å². The molecule has 0 spiro atoms. The molecule has 0 saturated heterocycles. The van der Waals surface area contributed by atoms with E-state index in [9.17, 15) is 9.59 Å². The molecule has 1 fully saturated rings. The normalized spacial score (nSPS) is 24.9. The van der Waals surface area contributed by atoms with Crippen LogP contribution in [0.25, 0.3) is 0 Å². The van der Waals surface area contributed by atoms with Crippen molar-refractivity contribution in [3.63, 3.8) is 0 Å². The molecule has 0 aliphatic heterocycles. The maximum atomic E-state index is 12.2. The van der Waals surface area contributed by atoms with Crippen molar-refractivity contribution in [2.24, 2.45) is 17.6 Å². The number of amides is 2. The maximum absolute atomic E-state index is 12.2. The first-order chi connectivity index (χ1) is 9.41. The zero-order valence-electron chi connectivity index (χ0n) is 12.9. The Balaban J connectivity index is 2.45. The fourth-order valence-electron chi connectivity index (χ4n) is 2.51. The van der Waals surface area contributed by atoms with E-state index in [1.807, 2.05) is 13.8 Å². The quantitative estimate of drug-likeness (QED) is 0.662. The maximum Gasteiger partial charge on any atom is 0.242 e. The van der Waals surface area contributed by atoms with E-state index in [0.717, 1.165) is 32.1 Å². The highest BCUT2D eigenvalue weighted by atomic mass is 16.2. The highest BCUT2D eigenvalue weighted by Gasteiger charge is 2.28.